The van der Waals surface area contributed by atoms with Crippen molar-refractivity contribution in [1.82, 2.24) is 9.78 Å². The molecule has 2 amide bonds. The molecule has 0 atom stereocenters. The summed E-state index contributed by atoms with van der Waals surface area (Å²) in [4.78, 5) is 36.6. The van der Waals surface area contributed by atoms with Crippen molar-refractivity contribution in [3.63, 3.8) is 0 Å². The molecule has 8 heteroatoms. The molecule has 0 saturated heterocycles. The number of hydrogen-bond acceptors (Lipinski definition) is 4. The van der Waals surface area contributed by atoms with Crippen LogP contribution in [0.25, 0.3) is 11.3 Å². The molecular weight excluding hydrogens is 392 g/mol. The van der Waals surface area contributed by atoms with Crippen LogP contribution >= 0.6 is 11.6 Å². The summed E-state index contributed by atoms with van der Waals surface area (Å²) < 4.78 is 1.03. The zero-order valence-corrected chi connectivity index (χ0v) is 16.7. The lowest BCUT2D eigenvalue weighted by atomic mass is 10.1. The topological polar surface area (TPSA) is 93.1 Å². The SMILES string of the molecule is CC(=O)Nc1cc(-c2ccc(Cl)cc2)nn(CC(=O)Nc2cccc(C)c2)c1=O. The van der Waals surface area contributed by atoms with E-state index in [1.807, 2.05) is 25.1 Å². The van der Waals surface area contributed by atoms with E-state index in [-0.39, 0.29) is 12.2 Å². The molecule has 0 aliphatic heterocycles. The van der Waals surface area contributed by atoms with Gasteiger partial charge in [-0.2, -0.15) is 5.10 Å². The number of carbonyl (C=O) groups excluding carboxylic acids is 2. The summed E-state index contributed by atoms with van der Waals surface area (Å²) in [5.41, 5.74) is 2.20. The van der Waals surface area contributed by atoms with Gasteiger partial charge in [-0.25, -0.2) is 4.68 Å². The van der Waals surface area contributed by atoms with Crippen LogP contribution in [0.4, 0.5) is 11.4 Å². The second-order valence-corrected chi connectivity index (χ2v) is 6.95. The molecule has 0 aliphatic rings. The molecule has 1 heterocycles. The van der Waals surface area contributed by atoms with Crippen LogP contribution in [-0.2, 0) is 16.1 Å². The fourth-order valence-electron chi connectivity index (χ4n) is 2.75. The minimum atomic E-state index is -0.572. The molecule has 29 heavy (non-hydrogen) atoms. The van der Waals surface area contributed by atoms with Crippen molar-refractivity contribution in [3.05, 3.63) is 75.5 Å². The zero-order chi connectivity index (χ0) is 21.0. The van der Waals surface area contributed by atoms with Gasteiger partial charge in [-0.1, -0.05) is 35.9 Å². The highest BCUT2D eigenvalue weighted by Gasteiger charge is 2.14. The Hall–Kier alpha value is -3.45. The van der Waals surface area contributed by atoms with E-state index < -0.39 is 17.4 Å². The Morgan fingerprint density at radius 2 is 1.79 bits per heavy atom. The first kappa shape index (κ1) is 20.3. The van der Waals surface area contributed by atoms with Gasteiger partial charge in [0.1, 0.15) is 12.2 Å². The van der Waals surface area contributed by atoms with Crippen LogP contribution in [0.5, 0.6) is 0 Å². The van der Waals surface area contributed by atoms with Gasteiger partial charge in [0, 0.05) is 23.2 Å². The number of aromatic nitrogens is 2. The first-order valence-corrected chi connectivity index (χ1v) is 9.22. The highest BCUT2D eigenvalue weighted by Crippen LogP contribution is 2.20. The van der Waals surface area contributed by atoms with Crippen molar-refractivity contribution >= 4 is 34.8 Å². The van der Waals surface area contributed by atoms with Crippen LogP contribution in [-0.4, -0.2) is 21.6 Å². The molecule has 2 N–H and O–H groups in total. The highest BCUT2D eigenvalue weighted by atomic mass is 35.5. The predicted molar refractivity (Wildman–Crippen MR) is 113 cm³/mol. The largest absolute Gasteiger partial charge is 0.324 e. The molecule has 0 bridgehead atoms. The molecule has 7 nitrogen and oxygen atoms in total. The number of amides is 2. The number of carbonyl (C=O) groups is 2. The smallest absolute Gasteiger partial charge is 0.291 e. The summed E-state index contributed by atoms with van der Waals surface area (Å²) in [5.74, 6) is -0.807. The Kier molecular flexibility index (Phi) is 6.09. The van der Waals surface area contributed by atoms with Crippen molar-refractivity contribution in [3.8, 4) is 11.3 Å². The summed E-state index contributed by atoms with van der Waals surface area (Å²) in [6.07, 6.45) is 0. The lowest BCUT2D eigenvalue weighted by molar-refractivity contribution is -0.117. The maximum atomic E-state index is 12.7. The third kappa shape index (κ3) is 5.30. The maximum Gasteiger partial charge on any atom is 0.291 e. The van der Waals surface area contributed by atoms with E-state index in [2.05, 4.69) is 15.7 Å². The van der Waals surface area contributed by atoms with Gasteiger partial charge in [0.2, 0.25) is 11.8 Å². The molecule has 0 radical (unpaired) electrons. The van der Waals surface area contributed by atoms with E-state index in [1.165, 1.54) is 13.0 Å². The molecule has 1 aromatic heterocycles. The van der Waals surface area contributed by atoms with Gasteiger partial charge in [-0.3, -0.25) is 14.4 Å². The minimum absolute atomic E-state index is 0.0424. The van der Waals surface area contributed by atoms with Gasteiger partial charge in [0.15, 0.2) is 0 Å². The number of nitrogens with zero attached hydrogens (tertiary/aromatic N) is 2. The third-order valence-corrected chi connectivity index (χ3v) is 4.27. The lowest BCUT2D eigenvalue weighted by Gasteiger charge is -2.12. The van der Waals surface area contributed by atoms with Crippen LogP contribution in [0.15, 0.2) is 59.4 Å². The maximum absolute atomic E-state index is 12.7. The number of nitrogens with one attached hydrogen (secondary N) is 2. The van der Waals surface area contributed by atoms with Crippen molar-refractivity contribution in [1.29, 1.82) is 0 Å². The van der Waals surface area contributed by atoms with Gasteiger partial charge in [-0.05, 0) is 42.8 Å². The number of rotatable bonds is 5. The van der Waals surface area contributed by atoms with Crippen LogP contribution in [0, 0.1) is 6.92 Å². The summed E-state index contributed by atoms with van der Waals surface area (Å²) in [5, 5.41) is 10.1. The molecule has 0 fully saturated rings. The molecule has 2 aromatic carbocycles. The number of hydrogen-bond donors (Lipinski definition) is 2. The zero-order valence-electron chi connectivity index (χ0n) is 15.9. The molecule has 0 unspecified atom stereocenters. The summed E-state index contributed by atoms with van der Waals surface area (Å²) >= 11 is 5.93. The molecule has 3 rings (SSSR count). The Bertz CT molecular complexity index is 1120. The molecule has 148 valence electrons. The van der Waals surface area contributed by atoms with E-state index in [0.717, 1.165) is 10.2 Å². The second-order valence-electron chi connectivity index (χ2n) is 6.51. The van der Waals surface area contributed by atoms with Crippen molar-refractivity contribution in [2.45, 2.75) is 20.4 Å². The quantitative estimate of drug-likeness (QED) is 0.673. The van der Waals surface area contributed by atoms with E-state index >= 15 is 0 Å². The fraction of sp³-hybridized carbons (Fsp3) is 0.143. The van der Waals surface area contributed by atoms with Gasteiger partial charge < -0.3 is 10.6 Å². The highest BCUT2D eigenvalue weighted by molar-refractivity contribution is 6.30. The van der Waals surface area contributed by atoms with E-state index in [9.17, 15) is 14.4 Å². The Morgan fingerprint density at radius 1 is 1.07 bits per heavy atom. The monoisotopic (exact) mass is 410 g/mol. The van der Waals surface area contributed by atoms with Crippen molar-refractivity contribution in [2.75, 3.05) is 10.6 Å². The average molecular weight is 411 g/mol. The Morgan fingerprint density at radius 3 is 2.45 bits per heavy atom. The van der Waals surface area contributed by atoms with Gasteiger partial charge in [-0.15, -0.1) is 0 Å². The summed E-state index contributed by atoms with van der Waals surface area (Å²) in [7, 11) is 0. The minimum Gasteiger partial charge on any atom is -0.324 e. The van der Waals surface area contributed by atoms with Crippen molar-refractivity contribution < 1.29 is 9.59 Å². The Balaban J connectivity index is 1.94. The van der Waals surface area contributed by atoms with Crippen LogP contribution in [0.1, 0.15) is 12.5 Å². The van der Waals surface area contributed by atoms with Crippen LogP contribution in [0.2, 0.25) is 5.02 Å². The normalized spacial score (nSPS) is 10.4. The molecule has 0 spiro atoms. The number of anilines is 2. The molecule has 3 aromatic rings. The first-order chi connectivity index (χ1) is 13.8. The predicted octanol–water partition coefficient (Wildman–Crippen LogP) is 3.47. The molecule has 0 aliphatic carbocycles. The van der Waals surface area contributed by atoms with Crippen LogP contribution < -0.4 is 16.2 Å². The summed E-state index contributed by atoms with van der Waals surface area (Å²) in [6.45, 7) is 2.91. The van der Waals surface area contributed by atoms with Gasteiger partial charge in [0.05, 0.1) is 5.69 Å². The number of benzene rings is 2. The first-order valence-electron chi connectivity index (χ1n) is 8.84. The van der Waals surface area contributed by atoms with Crippen molar-refractivity contribution in [2.24, 2.45) is 0 Å². The van der Waals surface area contributed by atoms with E-state index in [4.69, 9.17) is 11.6 Å². The third-order valence-electron chi connectivity index (χ3n) is 4.02. The summed E-state index contributed by atoms with van der Waals surface area (Å²) in [6, 6.07) is 15.7. The number of halogens is 1. The van der Waals surface area contributed by atoms with Gasteiger partial charge >= 0.3 is 0 Å². The lowest BCUT2D eigenvalue weighted by Crippen LogP contribution is -2.32. The van der Waals surface area contributed by atoms with E-state index in [1.54, 1.807) is 30.3 Å². The second kappa shape index (κ2) is 8.70. The standard InChI is InChI=1S/C21H19ClN4O3/c1-13-4-3-5-17(10-13)24-20(28)12-26-21(29)19(23-14(2)27)11-18(25-26)15-6-8-16(22)9-7-15/h3-11H,12H2,1-2H3,(H,23,27)(H,24,28). The fourth-order valence-corrected chi connectivity index (χ4v) is 2.88. The number of aryl methyl sites for hydroxylation is 1. The van der Waals surface area contributed by atoms with Gasteiger partial charge in [0.25, 0.3) is 5.56 Å². The molecular formula is C21H19ClN4O3. The van der Waals surface area contributed by atoms with E-state index in [0.29, 0.717) is 22.0 Å². The Labute approximate surface area is 172 Å². The average Bonchev–Trinajstić information content (AvgIpc) is 2.65. The molecule has 0 saturated carbocycles. The van der Waals surface area contributed by atoms with Crippen LogP contribution in [0.3, 0.4) is 0 Å².